The van der Waals surface area contributed by atoms with Gasteiger partial charge in [-0.05, 0) is 39.3 Å². The van der Waals surface area contributed by atoms with Crippen LogP contribution in [-0.2, 0) is 0 Å². The third-order valence-electron chi connectivity index (χ3n) is 3.98. The molecule has 4 nitrogen and oxygen atoms in total. The van der Waals surface area contributed by atoms with E-state index in [9.17, 15) is 0 Å². The van der Waals surface area contributed by atoms with E-state index < -0.39 is 0 Å². The van der Waals surface area contributed by atoms with Gasteiger partial charge in [0, 0.05) is 42.5 Å². The van der Waals surface area contributed by atoms with E-state index in [2.05, 4.69) is 34.8 Å². The molecule has 4 heteroatoms. The highest BCUT2D eigenvalue weighted by molar-refractivity contribution is 5.80. The van der Waals surface area contributed by atoms with Gasteiger partial charge >= 0.3 is 0 Å². The first-order chi connectivity index (χ1) is 9.63. The van der Waals surface area contributed by atoms with Crippen LogP contribution in [0.1, 0.15) is 26.0 Å². The minimum Gasteiger partial charge on any atom is -0.473 e. The van der Waals surface area contributed by atoms with E-state index in [1.54, 1.807) is 6.20 Å². The molecule has 1 unspecified atom stereocenters. The van der Waals surface area contributed by atoms with E-state index >= 15 is 0 Å². The van der Waals surface area contributed by atoms with Crippen molar-refractivity contribution < 1.29 is 4.74 Å². The fourth-order valence-corrected chi connectivity index (χ4v) is 2.73. The molecule has 0 radical (unpaired) electrons. The van der Waals surface area contributed by atoms with Crippen molar-refractivity contribution in [2.75, 3.05) is 13.1 Å². The quantitative estimate of drug-likeness (QED) is 0.860. The summed E-state index contributed by atoms with van der Waals surface area (Å²) in [4.78, 5) is 11.3. The standard InChI is InChI=1S/C16H21N3O/c1-11(2)19-9-7-13(10-19)20-16-5-4-14-12(3)17-8-6-15(14)18-16/h4-6,8,11,13H,7,9-10H2,1-3H3. The molecule has 20 heavy (non-hydrogen) atoms. The number of pyridine rings is 2. The third kappa shape index (κ3) is 2.61. The maximum atomic E-state index is 6.03. The van der Waals surface area contributed by atoms with E-state index in [4.69, 9.17) is 4.74 Å². The summed E-state index contributed by atoms with van der Waals surface area (Å²) in [6.45, 7) is 8.56. The smallest absolute Gasteiger partial charge is 0.214 e. The lowest BCUT2D eigenvalue weighted by Crippen LogP contribution is -2.30. The second kappa shape index (κ2) is 5.37. The largest absolute Gasteiger partial charge is 0.473 e. The van der Waals surface area contributed by atoms with Crippen molar-refractivity contribution in [2.45, 2.75) is 39.3 Å². The third-order valence-corrected chi connectivity index (χ3v) is 3.98. The van der Waals surface area contributed by atoms with Crippen LogP contribution in [0.2, 0.25) is 0 Å². The highest BCUT2D eigenvalue weighted by Crippen LogP contribution is 2.22. The van der Waals surface area contributed by atoms with Crippen LogP contribution in [0.5, 0.6) is 5.88 Å². The summed E-state index contributed by atoms with van der Waals surface area (Å²) in [5.74, 6) is 0.721. The lowest BCUT2D eigenvalue weighted by Gasteiger charge is -2.20. The predicted octanol–water partition coefficient (Wildman–Crippen LogP) is 2.80. The van der Waals surface area contributed by atoms with Gasteiger partial charge in [0.05, 0.1) is 5.52 Å². The first kappa shape index (κ1) is 13.3. The molecule has 2 aromatic heterocycles. The predicted molar refractivity (Wildman–Crippen MR) is 80.0 cm³/mol. The van der Waals surface area contributed by atoms with E-state index in [0.29, 0.717) is 6.04 Å². The minimum absolute atomic E-state index is 0.255. The van der Waals surface area contributed by atoms with Gasteiger partial charge in [0.15, 0.2) is 0 Å². The first-order valence-electron chi connectivity index (χ1n) is 7.26. The van der Waals surface area contributed by atoms with Gasteiger partial charge in [-0.25, -0.2) is 4.98 Å². The van der Waals surface area contributed by atoms with Gasteiger partial charge in [0.2, 0.25) is 5.88 Å². The summed E-state index contributed by atoms with van der Waals surface area (Å²) in [5, 5.41) is 1.09. The van der Waals surface area contributed by atoms with E-state index in [1.807, 2.05) is 19.1 Å². The zero-order valence-corrected chi connectivity index (χ0v) is 12.3. The molecule has 1 aliphatic rings. The van der Waals surface area contributed by atoms with Gasteiger partial charge in [0.1, 0.15) is 6.10 Å². The number of likely N-dealkylation sites (tertiary alicyclic amines) is 1. The molecule has 0 aromatic carbocycles. The monoisotopic (exact) mass is 271 g/mol. The van der Waals surface area contributed by atoms with E-state index in [0.717, 1.165) is 42.0 Å². The van der Waals surface area contributed by atoms with Crippen molar-refractivity contribution >= 4 is 10.9 Å². The van der Waals surface area contributed by atoms with E-state index in [1.165, 1.54) is 0 Å². The number of hydrogen-bond acceptors (Lipinski definition) is 4. The van der Waals surface area contributed by atoms with Crippen LogP contribution >= 0.6 is 0 Å². The molecule has 0 spiro atoms. The van der Waals surface area contributed by atoms with Crippen LogP contribution in [0, 0.1) is 6.92 Å². The SMILES string of the molecule is Cc1nccc2nc(OC3CCN(C(C)C)C3)ccc12. The average molecular weight is 271 g/mol. The molecule has 0 amide bonds. The van der Waals surface area contributed by atoms with Crippen LogP contribution in [0.3, 0.4) is 0 Å². The Morgan fingerprint density at radius 2 is 2.15 bits per heavy atom. The fraction of sp³-hybridized carbons (Fsp3) is 0.500. The van der Waals surface area contributed by atoms with Crippen molar-refractivity contribution in [3.05, 3.63) is 30.1 Å². The number of ether oxygens (including phenoxy) is 1. The number of aromatic nitrogens is 2. The summed E-state index contributed by atoms with van der Waals surface area (Å²) in [6.07, 6.45) is 3.13. The second-order valence-corrected chi connectivity index (χ2v) is 5.73. The Labute approximate surface area is 119 Å². The van der Waals surface area contributed by atoms with Gasteiger partial charge in [-0.1, -0.05) is 0 Å². The molecule has 2 aromatic rings. The van der Waals surface area contributed by atoms with Gasteiger partial charge in [-0.3, -0.25) is 9.88 Å². The highest BCUT2D eigenvalue weighted by Gasteiger charge is 2.25. The Morgan fingerprint density at radius 3 is 2.90 bits per heavy atom. The fourth-order valence-electron chi connectivity index (χ4n) is 2.73. The molecule has 1 fully saturated rings. The summed E-state index contributed by atoms with van der Waals surface area (Å²) in [7, 11) is 0. The average Bonchev–Trinajstić information content (AvgIpc) is 2.88. The van der Waals surface area contributed by atoms with Crippen molar-refractivity contribution in [1.82, 2.24) is 14.9 Å². The van der Waals surface area contributed by atoms with Crippen LogP contribution < -0.4 is 4.74 Å². The molecule has 0 bridgehead atoms. The minimum atomic E-state index is 0.255. The van der Waals surface area contributed by atoms with Gasteiger partial charge < -0.3 is 4.74 Å². The molecule has 106 valence electrons. The number of aryl methyl sites for hydroxylation is 1. The molecular formula is C16H21N3O. The van der Waals surface area contributed by atoms with Crippen molar-refractivity contribution in [2.24, 2.45) is 0 Å². The molecule has 3 rings (SSSR count). The summed E-state index contributed by atoms with van der Waals surface area (Å²) >= 11 is 0. The molecule has 0 N–H and O–H groups in total. The molecule has 1 atom stereocenters. The zero-order valence-electron chi connectivity index (χ0n) is 12.3. The molecule has 3 heterocycles. The number of nitrogens with zero attached hydrogens (tertiary/aromatic N) is 3. The van der Waals surface area contributed by atoms with Crippen LogP contribution in [-0.4, -0.2) is 40.1 Å². The molecule has 1 aliphatic heterocycles. The van der Waals surface area contributed by atoms with Crippen LogP contribution in [0.15, 0.2) is 24.4 Å². The van der Waals surface area contributed by atoms with E-state index in [-0.39, 0.29) is 6.10 Å². The Bertz CT molecular complexity index is 612. The highest BCUT2D eigenvalue weighted by atomic mass is 16.5. The molecular weight excluding hydrogens is 250 g/mol. The summed E-state index contributed by atoms with van der Waals surface area (Å²) in [6, 6.07) is 6.52. The van der Waals surface area contributed by atoms with Crippen molar-refractivity contribution in [3.8, 4) is 5.88 Å². The molecule has 0 aliphatic carbocycles. The molecule has 1 saturated heterocycles. The Hall–Kier alpha value is -1.68. The van der Waals surface area contributed by atoms with Crippen molar-refractivity contribution in [3.63, 3.8) is 0 Å². The zero-order chi connectivity index (χ0) is 14.1. The van der Waals surface area contributed by atoms with Crippen LogP contribution in [0.25, 0.3) is 10.9 Å². The number of hydrogen-bond donors (Lipinski definition) is 0. The first-order valence-corrected chi connectivity index (χ1v) is 7.26. The Kier molecular flexibility index (Phi) is 3.57. The summed E-state index contributed by atoms with van der Waals surface area (Å²) < 4.78 is 6.03. The van der Waals surface area contributed by atoms with Gasteiger partial charge in [-0.2, -0.15) is 0 Å². The van der Waals surface area contributed by atoms with Gasteiger partial charge in [-0.15, -0.1) is 0 Å². The van der Waals surface area contributed by atoms with Crippen molar-refractivity contribution in [1.29, 1.82) is 0 Å². The lowest BCUT2D eigenvalue weighted by molar-refractivity contribution is 0.182. The number of rotatable bonds is 3. The molecule has 0 saturated carbocycles. The number of fused-ring (bicyclic) bond motifs is 1. The topological polar surface area (TPSA) is 38.3 Å². The Morgan fingerprint density at radius 1 is 1.30 bits per heavy atom. The maximum absolute atomic E-state index is 6.03. The Balaban J connectivity index is 1.75. The van der Waals surface area contributed by atoms with Crippen LogP contribution in [0.4, 0.5) is 0 Å². The lowest BCUT2D eigenvalue weighted by atomic mass is 10.2. The maximum Gasteiger partial charge on any atom is 0.214 e. The second-order valence-electron chi connectivity index (χ2n) is 5.73. The summed E-state index contributed by atoms with van der Waals surface area (Å²) in [5.41, 5.74) is 1.96. The van der Waals surface area contributed by atoms with Gasteiger partial charge in [0.25, 0.3) is 0 Å². The normalized spacial score (nSPS) is 19.9.